The SMILES string of the molecule is CO[C@@H](C)[C@H]1O[C@@H]2SC(N(C)C(=O)OC(C)(C)C)=N[C@@H]2[C@@H](O)[C@@H]1O.C[C@H](O)[C@H]1O[C@@H]2SC(N(C)C(=O)OC(C)(C)C)=N[C@@H]2[C@@H](O)[C@@H]1O.[2H]CF. The zero-order chi connectivity index (χ0) is 38.5. The van der Waals surface area contributed by atoms with Crippen molar-refractivity contribution < 1.29 is 64.6 Å². The van der Waals surface area contributed by atoms with Gasteiger partial charge in [-0.05, 0) is 55.4 Å². The fraction of sp³-hybridized carbons (Fsp3) is 0.867. The predicted octanol–water partition coefficient (Wildman–Crippen LogP) is 1.54. The van der Waals surface area contributed by atoms with Crippen LogP contribution in [0.5, 0.6) is 0 Å². The van der Waals surface area contributed by atoms with Gasteiger partial charge in [0.15, 0.2) is 10.3 Å². The minimum atomic E-state index is -1.24. The van der Waals surface area contributed by atoms with E-state index in [9.17, 15) is 39.5 Å². The molecule has 2 fully saturated rings. The van der Waals surface area contributed by atoms with Crippen LogP contribution in [-0.4, -0.2) is 169 Å². The highest BCUT2D eigenvalue weighted by molar-refractivity contribution is 8.14. The van der Waals surface area contributed by atoms with Crippen LogP contribution in [0.2, 0.25) is 0 Å². The number of aliphatic hydroxyl groups is 5. The molecular weight excluding hydrogens is 691 g/mol. The lowest BCUT2D eigenvalue weighted by Crippen LogP contribution is -2.58. The number of ether oxygens (including phenoxy) is 5. The van der Waals surface area contributed by atoms with E-state index < -0.39 is 96.2 Å². The molecule has 4 aliphatic heterocycles. The fourth-order valence-corrected chi connectivity index (χ4v) is 7.15. The number of fused-ring (bicyclic) bond motifs is 2. The molecule has 0 aromatic rings. The summed E-state index contributed by atoms with van der Waals surface area (Å²) in [7, 11) is 3.58. The maximum absolute atomic E-state index is 12.2. The Morgan fingerprint density at radius 3 is 1.49 bits per heavy atom. The van der Waals surface area contributed by atoms with Gasteiger partial charge in [-0.3, -0.25) is 24.2 Å². The van der Waals surface area contributed by atoms with Gasteiger partial charge in [-0.1, -0.05) is 23.5 Å². The number of amides is 2. The van der Waals surface area contributed by atoms with Crippen LogP contribution < -0.4 is 0 Å². The Balaban J connectivity index is 0.000000322. The first-order chi connectivity index (χ1) is 23.0. The molecule has 2 saturated heterocycles. The zero-order valence-electron chi connectivity index (χ0n) is 30.7. The van der Waals surface area contributed by atoms with Crippen LogP contribution >= 0.6 is 23.5 Å². The van der Waals surface area contributed by atoms with E-state index in [1.54, 1.807) is 55.5 Å². The lowest BCUT2D eigenvalue weighted by molar-refractivity contribution is -0.186. The van der Waals surface area contributed by atoms with Crippen LogP contribution in [0.15, 0.2) is 9.98 Å². The monoisotopic (exact) mass is 745 g/mol. The molecule has 0 radical (unpaired) electrons. The summed E-state index contributed by atoms with van der Waals surface area (Å²) in [5.41, 5.74) is -2.32. The van der Waals surface area contributed by atoms with Gasteiger partial charge in [0.2, 0.25) is 0 Å². The van der Waals surface area contributed by atoms with Crippen molar-refractivity contribution in [3.63, 3.8) is 0 Å². The Morgan fingerprint density at radius 1 is 0.816 bits per heavy atom. The number of rotatable bonds is 3. The third kappa shape index (κ3) is 11.1. The van der Waals surface area contributed by atoms with Crippen LogP contribution in [0.1, 0.15) is 56.8 Å². The number of alkyl halides is 1. The maximum atomic E-state index is 12.2. The molecule has 2 amide bonds. The molecule has 0 aromatic carbocycles. The molecule has 16 nitrogen and oxygen atoms in total. The van der Waals surface area contributed by atoms with E-state index in [1.165, 1.54) is 42.6 Å². The van der Waals surface area contributed by atoms with Crippen molar-refractivity contribution in [3.05, 3.63) is 0 Å². The molecule has 0 unspecified atom stereocenters. The van der Waals surface area contributed by atoms with Crippen molar-refractivity contribution in [2.24, 2.45) is 9.98 Å². The molecule has 284 valence electrons. The molecule has 12 atom stereocenters. The van der Waals surface area contributed by atoms with Gasteiger partial charge in [-0.15, -0.1) is 0 Å². The summed E-state index contributed by atoms with van der Waals surface area (Å²) < 4.78 is 42.7. The number of amidine groups is 2. The average molecular weight is 746 g/mol. The Kier molecular flexibility index (Phi) is 15.0. The maximum Gasteiger partial charge on any atom is 0.416 e. The number of carbonyl (C=O) groups excluding carboxylic acids is 2. The molecule has 4 heterocycles. The number of carbonyl (C=O) groups is 2. The molecular formula is C30H53FN4O12S2. The number of aliphatic hydroxyl groups excluding tert-OH is 5. The van der Waals surface area contributed by atoms with Gasteiger partial charge in [-0.25, -0.2) is 9.59 Å². The van der Waals surface area contributed by atoms with Crippen LogP contribution in [0.4, 0.5) is 14.0 Å². The van der Waals surface area contributed by atoms with E-state index in [0.29, 0.717) is 10.3 Å². The van der Waals surface area contributed by atoms with Crippen LogP contribution in [0.3, 0.4) is 0 Å². The largest absolute Gasteiger partial charge is 0.443 e. The lowest BCUT2D eigenvalue weighted by atomic mass is 9.95. The van der Waals surface area contributed by atoms with Gasteiger partial charge in [0.05, 0.1) is 20.7 Å². The number of methoxy groups -OCH3 is 1. The highest BCUT2D eigenvalue weighted by Crippen LogP contribution is 2.39. The lowest BCUT2D eigenvalue weighted by Gasteiger charge is -2.40. The van der Waals surface area contributed by atoms with Crippen molar-refractivity contribution in [1.29, 1.82) is 0 Å². The molecule has 0 spiro atoms. The summed E-state index contributed by atoms with van der Waals surface area (Å²) in [4.78, 5) is 35.4. The second-order valence-electron chi connectivity index (χ2n) is 13.7. The first-order valence-corrected chi connectivity index (χ1v) is 17.2. The Morgan fingerprint density at radius 2 is 1.16 bits per heavy atom. The minimum absolute atomic E-state index is 0.340. The molecule has 4 rings (SSSR count). The summed E-state index contributed by atoms with van der Waals surface area (Å²) in [5.74, 6) is 0. The second kappa shape index (κ2) is 17.6. The molecule has 0 aromatic heterocycles. The van der Waals surface area contributed by atoms with Crippen molar-refractivity contribution in [1.82, 2.24) is 9.80 Å². The smallest absolute Gasteiger partial charge is 0.416 e. The highest BCUT2D eigenvalue weighted by Gasteiger charge is 2.52. The van der Waals surface area contributed by atoms with E-state index >= 15 is 0 Å². The highest BCUT2D eigenvalue weighted by atomic mass is 32.2. The van der Waals surface area contributed by atoms with E-state index in [0.717, 1.165) is 11.8 Å². The minimum Gasteiger partial charge on any atom is -0.443 e. The molecule has 5 N–H and O–H groups in total. The van der Waals surface area contributed by atoms with Crippen LogP contribution in [0, 0.1) is 0 Å². The number of aliphatic imine (C=N–C) groups is 2. The predicted molar refractivity (Wildman–Crippen MR) is 182 cm³/mol. The third-order valence-electron chi connectivity index (χ3n) is 7.39. The quantitative estimate of drug-likeness (QED) is 0.278. The van der Waals surface area contributed by atoms with Gasteiger partial charge in [-0.2, -0.15) is 0 Å². The molecule has 0 saturated carbocycles. The standard InChI is InChI=1S/C15H26N2O6S.C14H24N2O6S.CH3F/c1-7(21-6)11-10(19)9(18)8-12(22-11)24-13(16-8)17(5)14(20)23-15(2,3)4;1-6(17)10-9(19)8(18)7-11(21-10)23-12(15-7)16(5)13(20)22-14(2,3)4;1-2/h7-12,18-19H,1-6H3;6-11,17-19H,1-5H3;1H3/t7-,8+,9+,10-,11+,12+;6-,7+,8+,9-,10+,11+;/m00./s1/i;;1D. The number of halogens is 1. The Bertz CT molecular complexity index is 1210. The molecule has 19 heteroatoms. The van der Waals surface area contributed by atoms with Gasteiger partial charge >= 0.3 is 12.2 Å². The van der Waals surface area contributed by atoms with Crippen molar-refractivity contribution in [2.45, 2.75) is 138 Å². The zero-order valence-corrected chi connectivity index (χ0v) is 31.3. The third-order valence-corrected chi connectivity index (χ3v) is 9.82. The summed E-state index contributed by atoms with van der Waals surface area (Å²) in [5, 5.41) is 51.2. The van der Waals surface area contributed by atoms with Crippen molar-refractivity contribution in [3.8, 4) is 0 Å². The van der Waals surface area contributed by atoms with E-state index in [-0.39, 0.29) is 6.10 Å². The van der Waals surface area contributed by atoms with E-state index in [1.807, 2.05) is 0 Å². The van der Waals surface area contributed by atoms with Gasteiger partial charge in [0, 0.05) is 21.2 Å². The first kappa shape index (κ1) is 41.6. The number of thioether (sulfide) groups is 2. The summed E-state index contributed by atoms with van der Waals surface area (Å²) in [6.07, 6.45) is -8.62. The topological polar surface area (TPSA) is 213 Å². The van der Waals surface area contributed by atoms with Gasteiger partial charge in [0.1, 0.15) is 70.8 Å². The second-order valence-corrected chi connectivity index (χ2v) is 15.8. The number of nitrogens with zero attached hydrogens (tertiary/aromatic N) is 4. The molecule has 0 bridgehead atoms. The normalized spacial score (nSPS) is 33.8. The van der Waals surface area contributed by atoms with E-state index in [4.69, 9.17) is 25.1 Å². The van der Waals surface area contributed by atoms with Crippen LogP contribution in [0.25, 0.3) is 0 Å². The Labute approximate surface area is 296 Å². The average Bonchev–Trinajstić information content (AvgIpc) is 3.63. The van der Waals surface area contributed by atoms with Crippen molar-refractivity contribution >= 4 is 46.0 Å². The Hall–Kier alpha value is -1.81. The fourth-order valence-electron chi connectivity index (χ4n) is 4.81. The summed E-state index contributed by atoms with van der Waals surface area (Å²) in [6, 6.07) is -1.35. The van der Waals surface area contributed by atoms with Crippen LogP contribution in [-0.2, 0) is 23.7 Å². The number of hydrogen-bond acceptors (Lipinski definition) is 16. The number of hydrogen-bond donors (Lipinski definition) is 5. The molecule has 49 heavy (non-hydrogen) atoms. The molecule has 0 aliphatic carbocycles. The van der Waals surface area contributed by atoms with Gasteiger partial charge < -0.3 is 49.2 Å². The van der Waals surface area contributed by atoms with Crippen molar-refractivity contribution in [2.75, 3.05) is 28.4 Å². The summed E-state index contributed by atoms with van der Waals surface area (Å²) >= 11 is 2.38. The molecule has 4 aliphatic rings. The van der Waals surface area contributed by atoms with E-state index in [2.05, 4.69) is 9.98 Å². The summed E-state index contributed by atoms with van der Waals surface area (Å²) in [6.45, 7) is 13.9. The first-order valence-electron chi connectivity index (χ1n) is 16.2. The van der Waals surface area contributed by atoms with Gasteiger partial charge in [0.25, 0.3) is 0 Å².